The quantitative estimate of drug-likeness (QED) is 0.629. The predicted molar refractivity (Wildman–Crippen MR) is 53.3 cm³/mol. The van der Waals surface area contributed by atoms with Gasteiger partial charge in [-0.25, -0.2) is 8.78 Å². The number of amides is 1. The van der Waals surface area contributed by atoms with E-state index in [-0.39, 0.29) is 12.6 Å². The van der Waals surface area contributed by atoms with Gasteiger partial charge >= 0.3 is 12.3 Å². The van der Waals surface area contributed by atoms with Crippen molar-refractivity contribution >= 4 is 5.91 Å². The van der Waals surface area contributed by atoms with Crippen molar-refractivity contribution in [3.05, 3.63) is 0 Å². The molecular formula is C9H16F4N2O2. The maximum atomic E-state index is 12.4. The SMILES string of the molecule is COCC(C)NC(=O)CNCC(F)(F)C(F)F. The van der Waals surface area contributed by atoms with Crippen molar-refractivity contribution < 1.29 is 27.1 Å². The van der Waals surface area contributed by atoms with Crippen LogP contribution < -0.4 is 10.6 Å². The van der Waals surface area contributed by atoms with Crippen molar-refractivity contribution in [1.82, 2.24) is 10.6 Å². The summed E-state index contributed by atoms with van der Waals surface area (Å²) in [5, 5.41) is 4.41. The second-order valence-electron chi connectivity index (χ2n) is 3.59. The molecule has 4 nitrogen and oxygen atoms in total. The van der Waals surface area contributed by atoms with Crippen LogP contribution in [0.2, 0.25) is 0 Å². The second-order valence-corrected chi connectivity index (χ2v) is 3.59. The molecule has 0 rings (SSSR count). The van der Waals surface area contributed by atoms with Gasteiger partial charge < -0.3 is 15.4 Å². The fraction of sp³-hybridized carbons (Fsp3) is 0.889. The van der Waals surface area contributed by atoms with E-state index in [0.29, 0.717) is 0 Å². The Hall–Kier alpha value is -0.890. The molecule has 0 aliphatic heterocycles. The van der Waals surface area contributed by atoms with E-state index >= 15 is 0 Å². The molecule has 0 aromatic heterocycles. The number of nitrogens with one attached hydrogen (secondary N) is 2. The van der Waals surface area contributed by atoms with E-state index in [4.69, 9.17) is 4.74 Å². The lowest BCUT2D eigenvalue weighted by Gasteiger charge is -2.16. The third-order valence-corrected chi connectivity index (χ3v) is 1.79. The first-order valence-corrected chi connectivity index (χ1v) is 4.94. The predicted octanol–water partition coefficient (Wildman–Crippen LogP) is 0.628. The molecule has 0 aliphatic rings. The fourth-order valence-electron chi connectivity index (χ4n) is 1.04. The minimum absolute atomic E-state index is 0.273. The molecule has 1 amide bonds. The molecule has 1 unspecified atom stereocenters. The van der Waals surface area contributed by atoms with Gasteiger partial charge in [-0.2, -0.15) is 8.78 Å². The standard InChI is InChI=1S/C9H16F4N2O2/c1-6(4-17-2)15-7(16)3-14-5-9(12,13)8(10)11/h6,8,14H,3-5H2,1-2H3,(H,15,16). The summed E-state index contributed by atoms with van der Waals surface area (Å²) in [6, 6.07) is -0.273. The van der Waals surface area contributed by atoms with E-state index in [9.17, 15) is 22.4 Å². The second kappa shape index (κ2) is 7.44. The first kappa shape index (κ1) is 16.1. The zero-order valence-electron chi connectivity index (χ0n) is 9.60. The van der Waals surface area contributed by atoms with Crippen molar-refractivity contribution in [1.29, 1.82) is 0 Å². The summed E-state index contributed by atoms with van der Waals surface area (Å²) in [7, 11) is 1.45. The summed E-state index contributed by atoms with van der Waals surface area (Å²) in [4.78, 5) is 11.1. The number of methoxy groups -OCH3 is 1. The van der Waals surface area contributed by atoms with Crippen molar-refractivity contribution in [2.75, 3.05) is 26.8 Å². The van der Waals surface area contributed by atoms with Gasteiger partial charge in [0.05, 0.1) is 19.7 Å². The van der Waals surface area contributed by atoms with Gasteiger partial charge in [0, 0.05) is 13.2 Å². The zero-order valence-corrected chi connectivity index (χ0v) is 9.60. The molecule has 8 heteroatoms. The van der Waals surface area contributed by atoms with Gasteiger partial charge in [-0.05, 0) is 6.92 Å². The third kappa shape index (κ3) is 7.11. The Balaban J connectivity index is 3.79. The summed E-state index contributed by atoms with van der Waals surface area (Å²) in [6.45, 7) is 0.251. The lowest BCUT2D eigenvalue weighted by molar-refractivity contribution is -0.129. The molecule has 17 heavy (non-hydrogen) atoms. The number of hydrogen-bond donors (Lipinski definition) is 2. The molecule has 0 radical (unpaired) electrons. The Kier molecular flexibility index (Phi) is 7.05. The van der Waals surface area contributed by atoms with Gasteiger partial charge in [-0.3, -0.25) is 4.79 Å². The number of alkyl halides is 4. The summed E-state index contributed by atoms with van der Waals surface area (Å²) in [5.74, 6) is -4.68. The molecule has 0 saturated carbocycles. The van der Waals surface area contributed by atoms with Crippen LogP contribution in [0.5, 0.6) is 0 Å². The third-order valence-electron chi connectivity index (χ3n) is 1.79. The van der Waals surface area contributed by atoms with Crippen LogP contribution in [0.25, 0.3) is 0 Å². The van der Waals surface area contributed by atoms with Crippen molar-refractivity contribution in [3.8, 4) is 0 Å². The smallest absolute Gasteiger partial charge is 0.319 e. The maximum Gasteiger partial charge on any atom is 0.319 e. The molecule has 2 N–H and O–H groups in total. The Labute approximate surface area is 96.7 Å². The Morgan fingerprint density at radius 2 is 2.00 bits per heavy atom. The summed E-state index contributed by atoms with van der Waals surface area (Å²) >= 11 is 0. The first-order valence-electron chi connectivity index (χ1n) is 4.94. The molecule has 0 aliphatic carbocycles. The van der Waals surface area contributed by atoms with Gasteiger partial charge in [0.2, 0.25) is 5.91 Å². The van der Waals surface area contributed by atoms with Crippen molar-refractivity contribution in [3.63, 3.8) is 0 Å². The zero-order chi connectivity index (χ0) is 13.5. The number of rotatable bonds is 8. The molecule has 0 spiro atoms. The molecular weight excluding hydrogens is 244 g/mol. The largest absolute Gasteiger partial charge is 0.383 e. The minimum atomic E-state index is -4.13. The minimum Gasteiger partial charge on any atom is -0.383 e. The summed E-state index contributed by atoms with van der Waals surface area (Å²) in [6.07, 6.45) is -3.74. The molecule has 0 bridgehead atoms. The first-order chi connectivity index (χ1) is 7.79. The fourth-order valence-corrected chi connectivity index (χ4v) is 1.04. The van der Waals surface area contributed by atoms with Crippen LogP contribution in [0, 0.1) is 0 Å². The number of carbonyl (C=O) groups excluding carboxylic acids is 1. The van der Waals surface area contributed by atoms with Crippen LogP contribution in [0.15, 0.2) is 0 Å². The Morgan fingerprint density at radius 1 is 1.41 bits per heavy atom. The van der Waals surface area contributed by atoms with Gasteiger partial charge in [-0.15, -0.1) is 0 Å². The van der Waals surface area contributed by atoms with Crippen molar-refractivity contribution in [2.24, 2.45) is 0 Å². The normalized spacial score (nSPS) is 13.8. The van der Waals surface area contributed by atoms with Gasteiger partial charge in [0.1, 0.15) is 0 Å². The lowest BCUT2D eigenvalue weighted by atomic mass is 10.3. The number of ether oxygens (including phenoxy) is 1. The highest BCUT2D eigenvalue weighted by molar-refractivity contribution is 5.78. The van der Waals surface area contributed by atoms with E-state index in [1.165, 1.54) is 7.11 Å². The van der Waals surface area contributed by atoms with Crippen LogP contribution in [0.3, 0.4) is 0 Å². The molecule has 0 heterocycles. The lowest BCUT2D eigenvalue weighted by Crippen LogP contribution is -2.45. The van der Waals surface area contributed by atoms with E-state index in [1.54, 1.807) is 6.92 Å². The van der Waals surface area contributed by atoms with Gasteiger partial charge in [-0.1, -0.05) is 0 Å². The average Bonchev–Trinajstić information content (AvgIpc) is 2.16. The van der Waals surface area contributed by atoms with Gasteiger partial charge in [0.15, 0.2) is 0 Å². The number of hydrogen-bond acceptors (Lipinski definition) is 3. The highest BCUT2D eigenvalue weighted by Gasteiger charge is 2.40. The molecule has 0 aromatic rings. The summed E-state index contributed by atoms with van der Waals surface area (Å²) in [5.41, 5.74) is 0. The van der Waals surface area contributed by atoms with E-state index in [0.717, 1.165) is 0 Å². The van der Waals surface area contributed by atoms with E-state index in [2.05, 4.69) is 5.32 Å². The molecule has 0 aromatic carbocycles. The topological polar surface area (TPSA) is 50.4 Å². The maximum absolute atomic E-state index is 12.4. The van der Waals surface area contributed by atoms with Gasteiger partial charge in [0.25, 0.3) is 0 Å². The van der Waals surface area contributed by atoms with Crippen LogP contribution in [0.1, 0.15) is 6.92 Å². The highest BCUT2D eigenvalue weighted by Crippen LogP contribution is 2.21. The van der Waals surface area contributed by atoms with Crippen molar-refractivity contribution in [2.45, 2.75) is 25.3 Å². The number of carbonyl (C=O) groups is 1. The highest BCUT2D eigenvalue weighted by atomic mass is 19.3. The van der Waals surface area contributed by atoms with Crippen LogP contribution >= 0.6 is 0 Å². The number of halogens is 4. The molecule has 1 atom stereocenters. The van der Waals surface area contributed by atoms with E-state index < -0.39 is 31.3 Å². The monoisotopic (exact) mass is 260 g/mol. The molecule has 0 saturated heterocycles. The Morgan fingerprint density at radius 3 is 2.47 bits per heavy atom. The van der Waals surface area contributed by atoms with Crippen LogP contribution in [-0.2, 0) is 9.53 Å². The summed E-state index contributed by atoms with van der Waals surface area (Å²) < 4.78 is 53.1. The van der Waals surface area contributed by atoms with Crippen LogP contribution in [-0.4, -0.2) is 51.1 Å². The molecule has 0 fully saturated rings. The average molecular weight is 260 g/mol. The molecule has 102 valence electrons. The van der Waals surface area contributed by atoms with Crippen LogP contribution in [0.4, 0.5) is 17.6 Å². The Bertz CT molecular complexity index is 239. The van der Waals surface area contributed by atoms with E-state index in [1.807, 2.05) is 5.32 Å².